The molecule has 1 aliphatic heterocycles. The van der Waals surface area contributed by atoms with Gasteiger partial charge in [0.25, 0.3) is 0 Å². The van der Waals surface area contributed by atoms with Gasteiger partial charge in [0.1, 0.15) is 0 Å². The molecule has 0 bridgehead atoms. The molecule has 1 atom stereocenters. The highest BCUT2D eigenvalue weighted by Gasteiger charge is 2.11. The van der Waals surface area contributed by atoms with Crippen LogP contribution in [0.4, 0.5) is 0 Å². The number of fused-ring (bicyclic) bond motifs is 1. The zero-order valence-electron chi connectivity index (χ0n) is 7.37. The third-order valence-corrected chi connectivity index (χ3v) is 3.12. The van der Waals surface area contributed by atoms with E-state index in [1.807, 2.05) is 11.8 Å². The summed E-state index contributed by atoms with van der Waals surface area (Å²) in [5.41, 5.74) is 2.82. The molecule has 1 aromatic rings. The monoisotopic (exact) mass is 176 g/mol. The second kappa shape index (κ2) is 2.98. The highest BCUT2D eigenvalue weighted by Crippen LogP contribution is 2.35. The topological polar surface area (TPSA) is 0 Å². The maximum absolute atomic E-state index is 2.26. The van der Waals surface area contributed by atoms with Gasteiger partial charge in [-0.3, -0.25) is 0 Å². The van der Waals surface area contributed by atoms with E-state index in [1.165, 1.54) is 16.0 Å². The fourth-order valence-corrected chi connectivity index (χ4v) is 2.56. The molecule has 1 heteroatoms. The minimum absolute atomic E-state index is 0.585. The van der Waals surface area contributed by atoms with Gasteiger partial charge < -0.3 is 0 Å². The molecular formula is C11H12S. The molecular weight excluding hydrogens is 164 g/mol. The summed E-state index contributed by atoms with van der Waals surface area (Å²) in [6.45, 7) is 4.38. The summed E-state index contributed by atoms with van der Waals surface area (Å²) in [6, 6.07) is 6.70. The fraction of sp³-hybridized carbons (Fsp3) is 0.273. The first kappa shape index (κ1) is 7.93. The van der Waals surface area contributed by atoms with Crippen molar-refractivity contribution in [2.24, 2.45) is 0 Å². The van der Waals surface area contributed by atoms with Crippen molar-refractivity contribution < 1.29 is 0 Å². The van der Waals surface area contributed by atoms with E-state index < -0.39 is 0 Å². The Bertz CT molecular complexity index is 326. The number of allylic oxidation sites excluding steroid dienone is 1. The number of benzene rings is 1. The van der Waals surface area contributed by atoms with Gasteiger partial charge in [0.15, 0.2) is 0 Å². The second-order valence-corrected chi connectivity index (χ2v) is 4.22. The number of hydrogen-bond acceptors (Lipinski definition) is 1. The first-order valence-electron chi connectivity index (χ1n) is 4.21. The number of thioether (sulfide) groups is 1. The zero-order valence-corrected chi connectivity index (χ0v) is 8.19. The minimum atomic E-state index is 0.585. The average molecular weight is 176 g/mol. The van der Waals surface area contributed by atoms with E-state index in [-0.39, 0.29) is 0 Å². The molecule has 0 aromatic heterocycles. The largest absolute Gasteiger partial charge is 0.0981 e. The Morgan fingerprint density at radius 3 is 3.00 bits per heavy atom. The Kier molecular flexibility index (Phi) is 1.97. The van der Waals surface area contributed by atoms with Crippen LogP contribution in [0.3, 0.4) is 0 Å². The summed E-state index contributed by atoms with van der Waals surface area (Å²) >= 11 is 1.83. The van der Waals surface area contributed by atoms with Crippen LogP contribution in [-0.2, 0) is 0 Å². The lowest BCUT2D eigenvalue weighted by Gasteiger charge is -2.16. The average Bonchev–Trinajstić information content (AvgIpc) is 2.04. The molecule has 0 nitrogen and oxygen atoms in total. The number of hydrogen-bond donors (Lipinski definition) is 0. The molecule has 0 N–H and O–H groups in total. The van der Waals surface area contributed by atoms with E-state index in [1.54, 1.807) is 0 Å². The quantitative estimate of drug-likeness (QED) is 0.580. The summed E-state index contributed by atoms with van der Waals surface area (Å²) in [7, 11) is 0. The van der Waals surface area contributed by atoms with Crippen molar-refractivity contribution in [3.05, 3.63) is 40.8 Å². The summed E-state index contributed by atoms with van der Waals surface area (Å²) in [4.78, 5) is 1.42. The van der Waals surface area contributed by atoms with E-state index in [0.29, 0.717) is 5.92 Å². The highest BCUT2D eigenvalue weighted by molar-refractivity contribution is 8.02. The molecule has 1 heterocycles. The van der Waals surface area contributed by atoms with Crippen LogP contribution >= 0.6 is 11.8 Å². The summed E-state index contributed by atoms with van der Waals surface area (Å²) in [6.07, 6.45) is 2.25. The molecule has 12 heavy (non-hydrogen) atoms. The van der Waals surface area contributed by atoms with Gasteiger partial charge in [-0.25, -0.2) is 0 Å². The zero-order chi connectivity index (χ0) is 8.55. The van der Waals surface area contributed by atoms with Crippen molar-refractivity contribution in [2.45, 2.75) is 24.7 Å². The molecule has 2 rings (SSSR count). The molecule has 0 spiro atoms. The van der Waals surface area contributed by atoms with Gasteiger partial charge in [0.05, 0.1) is 0 Å². The molecule has 1 aliphatic rings. The normalized spacial score (nSPS) is 20.7. The van der Waals surface area contributed by atoms with Crippen LogP contribution in [0.25, 0.3) is 0 Å². The van der Waals surface area contributed by atoms with Gasteiger partial charge in [-0.2, -0.15) is 0 Å². The van der Waals surface area contributed by atoms with Gasteiger partial charge in [0, 0.05) is 10.8 Å². The molecule has 0 saturated heterocycles. The van der Waals surface area contributed by atoms with E-state index >= 15 is 0 Å². The Labute approximate surface area is 77.7 Å². The summed E-state index contributed by atoms with van der Waals surface area (Å²) in [5.74, 6) is 0.585. The van der Waals surface area contributed by atoms with Crippen LogP contribution in [-0.4, -0.2) is 0 Å². The van der Waals surface area contributed by atoms with Crippen molar-refractivity contribution >= 4 is 11.8 Å². The summed E-state index contributed by atoms with van der Waals surface area (Å²) in [5, 5.41) is 2.19. The van der Waals surface area contributed by atoms with Gasteiger partial charge >= 0.3 is 0 Å². The van der Waals surface area contributed by atoms with Crippen molar-refractivity contribution in [1.82, 2.24) is 0 Å². The Morgan fingerprint density at radius 1 is 1.33 bits per heavy atom. The number of aryl methyl sites for hydroxylation is 1. The highest BCUT2D eigenvalue weighted by atomic mass is 32.2. The van der Waals surface area contributed by atoms with E-state index in [4.69, 9.17) is 0 Å². The molecule has 0 saturated carbocycles. The van der Waals surface area contributed by atoms with Gasteiger partial charge in [-0.05, 0) is 29.5 Å². The van der Waals surface area contributed by atoms with Crippen LogP contribution < -0.4 is 0 Å². The molecule has 1 aromatic carbocycles. The Balaban J connectivity index is 2.51. The van der Waals surface area contributed by atoms with Crippen molar-refractivity contribution in [3.8, 4) is 0 Å². The maximum Gasteiger partial charge on any atom is 0.0156 e. The first-order valence-corrected chi connectivity index (χ1v) is 5.09. The van der Waals surface area contributed by atoms with Gasteiger partial charge in [-0.1, -0.05) is 36.9 Å². The third kappa shape index (κ3) is 1.29. The molecule has 0 amide bonds. The Hall–Kier alpha value is -0.690. The maximum atomic E-state index is 2.26. The van der Waals surface area contributed by atoms with Crippen LogP contribution in [0, 0.1) is 6.92 Å². The van der Waals surface area contributed by atoms with Crippen LogP contribution in [0.1, 0.15) is 24.0 Å². The molecule has 62 valence electrons. The molecule has 0 fully saturated rings. The minimum Gasteiger partial charge on any atom is -0.0981 e. The van der Waals surface area contributed by atoms with E-state index in [2.05, 4.69) is 43.5 Å². The third-order valence-electron chi connectivity index (χ3n) is 2.22. The Morgan fingerprint density at radius 2 is 2.17 bits per heavy atom. The lowest BCUT2D eigenvalue weighted by atomic mass is 10.00. The van der Waals surface area contributed by atoms with Crippen LogP contribution in [0.15, 0.2) is 34.6 Å². The van der Waals surface area contributed by atoms with Gasteiger partial charge in [0.2, 0.25) is 0 Å². The van der Waals surface area contributed by atoms with E-state index in [9.17, 15) is 0 Å². The first-order chi connectivity index (χ1) is 5.77. The predicted octanol–water partition coefficient (Wildman–Crippen LogP) is 3.72. The molecule has 0 aliphatic carbocycles. The van der Waals surface area contributed by atoms with Crippen LogP contribution in [0.5, 0.6) is 0 Å². The SMILES string of the molecule is Cc1ccc2c(c1)SC=CC2C. The van der Waals surface area contributed by atoms with Crippen molar-refractivity contribution in [2.75, 3.05) is 0 Å². The smallest absolute Gasteiger partial charge is 0.0156 e. The summed E-state index contributed by atoms with van der Waals surface area (Å²) < 4.78 is 0. The lowest BCUT2D eigenvalue weighted by molar-refractivity contribution is 0.928. The lowest BCUT2D eigenvalue weighted by Crippen LogP contribution is -1.95. The van der Waals surface area contributed by atoms with E-state index in [0.717, 1.165) is 0 Å². The number of rotatable bonds is 0. The standard InChI is InChI=1S/C11H12S/c1-8-3-4-10-9(2)5-6-12-11(10)7-8/h3-7,9H,1-2H3. The molecule has 1 unspecified atom stereocenters. The van der Waals surface area contributed by atoms with Crippen LogP contribution in [0.2, 0.25) is 0 Å². The van der Waals surface area contributed by atoms with Crippen molar-refractivity contribution in [1.29, 1.82) is 0 Å². The predicted molar refractivity (Wildman–Crippen MR) is 54.6 cm³/mol. The second-order valence-electron chi connectivity index (χ2n) is 3.28. The fourth-order valence-electron chi connectivity index (χ4n) is 1.45. The van der Waals surface area contributed by atoms with Crippen molar-refractivity contribution in [3.63, 3.8) is 0 Å². The molecule has 0 radical (unpaired) electrons. The van der Waals surface area contributed by atoms with Gasteiger partial charge in [-0.15, -0.1) is 0 Å².